The summed E-state index contributed by atoms with van der Waals surface area (Å²) in [5.74, 6) is 0. The molecule has 1 aliphatic rings. The summed E-state index contributed by atoms with van der Waals surface area (Å²) in [6.45, 7) is 9.48. The fourth-order valence-corrected chi connectivity index (χ4v) is 1.82. The third-order valence-corrected chi connectivity index (χ3v) is 2.74. The number of hydrogen-bond donors (Lipinski definition) is 1. The summed E-state index contributed by atoms with van der Waals surface area (Å²) in [5, 5.41) is 3.32. The minimum Gasteiger partial charge on any atom is -0.432 e. The number of ether oxygens (including phenoxy) is 1. The number of aromatic nitrogens is 1. The van der Waals surface area contributed by atoms with Crippen LogP contribution in [0.4, 0.5) is 6.01 Å². The SMILES string of the molecule is CC(C)NCc1coc(N2CCOC(C)C2)n1. The average Bonchev–Trinajstić information content (AvgIpc) is 2.75. The molecule has 5 heteroatoms. The predicted molar refractivity (Wildman–Crippen MR) is 66.1 cm³/mol. The van der Waals surface area contributed by atoms with Crippen LogP contribution < -0.4 is 10.2 Å². The largest absolute Gasteiger partial charge is 0.432 e. The Hall–Kier alpha value is -1.07. The first-order chi connectivity index (χ1) is 8.15. The molecule has 0 radical (unpaired) electrons. The summed E-state index contributed by atoms with van der Waals surface area (Å²) in [4.78, 5) is 6.61. The molecule has 1 aliphatic heterocycles. The number of morpholine rings is 1. The van der Waals surface area contributed by atoms with Crippen LogP contribution in [-0.2, 0) is 11.3 Å². The Morgan fingerprint density at radius 3 is 3.12 bits per heavy atom. The van der Waals surface area contributed by atoms with E-state index in [1.165, 1.54) is 0 Å². The summed E-state index contributed by atoms with van der Waals surface area (Å²) in [5.41, 5.74) is 0.952. The van der Waals surface area contributed by atoms with Gasteiger partial charge >= 0.3 is 0 Å². The van der Waals surface area contributed by atoms with Gasteiger partial charge < -0.3 is 19.4 Å². The standard InChI is InChI=1S/C12H21N3O2/c1-9(2)13-6-11-8-17-12(14-11)15-4-5-16-10(3)7-15/h8-10,13H,4-7H2,1-3H3. The predicted octanol–water partition coefficient (Wildman–Crippen LogP) is 1.40. The number of rotatable bonds is 4. The van der Waals surface area contributed by atoms with E-state index in [0.29, 0.717) is 12.1 Å². The number of nitrogens with zero attached hydrogens (tertiary/aromatic N) is 2. The van der Waals surface area contributed by atoms with Crippen molar-refractivity contribution in [2.24, 2.45) is 0 Å². The summed E-state index contributed by atoms with van der Waals surface area (Å²) in [7, 11) is 0. The molecule has 1 aromatic heterocycles. The summed E-state index contributed by atoms with van der Waals surface area (Å²) >= 11 is 0. The molecular formula is C12H21N3O2. The maximum absolute atomic E-state index is 5.50. The van der Waals surface area contributed by atoms with Crippen LogP contribution in [0.3, 0.4) is 0 Å². The lowest BCUT2D eigenvalue weighted by molar-refractivity contribution is 0.0514. The molecule has 1 unspecified atom stereocenters. The van der Waals surface area contributed by atoms with Crippen molar-refractivity contribution in [3.05, 3.63) is 12.0 Å². The molecule has 1 N–H and O–H groups in total. The van der Waals surface area contributed by atoms with Gasteiger partial charge in [0, 0.05) is 25.7 Å². The lowest BCUT2D eigenvalue weighted by atomic mass is 10.3. The first kappa shape index (κ1) is 12.4. The Kier molecular flexibility index (Phi) is 4.02. The van der Waals surface area contributed by atoms with E-state index in [1.807, 2.05) is 0 Å². The Morgan fingerprint density at radius 1 is 1.59 bits per heavy atom. The Balaban J connectivity index is 1.92. The molecule has 0 aliphatic carbocycles. The van der Waals surface area contributed by atoms with E-state index < -0.39 is 0 Å². The van der Waals surface area contributed by atoms with Gasteiger partial charge in [-0.1, -0.05) is 13.8 Å². The van der Waals surface area contributed by atoms with Crippen LogP contribution in [0.2, 0.25) is 0 Å². The molecule has 0 bridgehead atoms. The topological polar surface area (TPSA) is 50.5 Å². The average molecular weight is 239 g/mol. The maximum atomic E-state index is 5.50. The van der Waals surface area contributed by atoms with Gasteiger partial charge in [0.25, 0.3) is 6.01 Å². The highest BCUT2D eigenvalue weighted by molar-refractivity contribution is 5.27. The summed E-state index contributed by atoms with van der Waals surface area (Å²) < 4.78 is 11.0. The van der Waals surface area contributed by atoms with Gasteiger partial charge in [0.2, 0.25) is 0 Å². The van der Waals surface area contributed by atoms with Crippen molar-refractivity contribution in [1.82, 2.24) is 10.3 Å². The third-order valence-electron chi connectivity index (χ3n) is 2.74. The molecule has 2 heterocycles. The third kappa shape index (κ3) is 3.44. The van der Waals surface area contributed by atoms with Crippen LogP contribution in [0.15, 0.2) is 10.7 Å². The van der Waals surface area contributed by atoms with E-state index >= 15 is 0 Å². The summed E-state index contributed by atoms with van der Waals surface area (Å²) in [6, 6.07) is 1.17. The van der Waals surface area contributed by atoms with E-state index in [4.69, 9.17) is 9.15 Å². The molecule has 1 fully saturated rings. The minimum atomic E-state index is 0.243. The first-order valence-electron chi connectivity index (χ1n) is 6.19. The van der Waals surface area contributed by atoms with Crippen molar-refractivity contribution in [2.75, 3.05) is 24.6 Å². The molecule has 1 saturated heterocycles. The smallest absolute Gasteiger partial charge is 0.297 e. The van der Waals surface area contributed by atoms with Gasteiger partial charge in [0.15, 0.2) is 0 Å². The van der Waals surface area contributed by atoms with Gasteiger partial charge in [0.1, 0.15) is 6.26 Å². The molecular weight excluding hydrogens is 218 g/mol. The lowest BCUT2D eigenvalue weighted by Crippen LogP contribution is -2.41. The van der Waals surface area contributed by atoms with Crippen molar-refractivity contribution >= 4 is 6.01 Å². The van der Waals surface area contributed by atoms with Crippen LogP contribution in [0.1, 0.15) is 26.5 Å². The van der Waals surface area contributed by atoms with Crippen molar-refractivity contribution in [3.8, 4) is 0 Å². The molecule has 1 aromatic rings. The van der Waals surface area contributed by atoms with Gasteiger partial charge in [-0.05, 0) is 6.92 Å². The van der Waals surface area contributed by atoms with E-state index in [0.717, 1.165) is 31.9 Å². The molecule has 1 atom stereocenters. The monoisotopic (exact) mass is 239 g/mol. The molecule has 0 spiro atoms. The number of nitrogens with one attached hydrogen (secondary N) is 1. The highest BCUT2D eigenvalue weighted by atomic mass is 16.5. The molecule has 0 aromatic carbocycles. The molecule has 2 rings (SSSR count). The zero-order valence-electron chi connectivity index (χ0n) is 10.8. The fraction of sp³-hybridized carbons (Fsp3) is 0.750. The molecule has 96 valence electrons. The van der Waals surface area contributed by atoms with Crippen molar-refractivity contribution in [2.45, 2.75) is 39.5 Å². The zero-order valence-corrected chi connectivity index (χ0v) is 10.8. The van der Waals surface area contributed by atoms with Crippen molar-refractivity contribution < 1.29 is 9.15 Å². The fourth-order valence-electron chi connectivity index (χ4n) is 1.82. The van der Waals surface area contributed by atoms with Gasteiger partial charge in [-0.3, -0.25) is 0 Å². The van der Waals surface area contributed by atoms with Gasteiger partial charge in [-0.2, -0.15) is 4.98 Å². The van der Waals surface area contributed by atoms with Crippen LogP contribution in [0.5, 0.6) is 0 Å². The maximum Gasteiger partial charge on any atom is 0.297 e. The second-order valence-corrected chi connectivity index (χ2v) is 4.78. The second kappa shape index (κ2) is 5.51. The number of hydrogen-bond acceptors (Lipinski definition) is 5. The van der Waals surface area contributed by atoms with E-state index in [2.05, 4.69) is 36.0 Å². The highest BCUT2D eigenvalue weighted by Gasteiger charge is 2.20. The quantitative estimate of drug-likeness (QED) is 0.860. The van der Waals surface area contributed by atoms with Crippen LogP contribution >= 0.6 is 0 Å². The van der Waals surface area contributed by atoms with Crippen LogP contribution in [0.25, 0.3) is 0 Å². The Labute approximate surface area is 102 Å². The molecule has 17 heavy (non-hydrogen) atoms. The van der Waals surface area contributed by atoms with E-state index in [9.17, 15) is 0 Å². The van der Waals surface area contributed by atoms with Crippen LogP contribution in [0, 0.1) is 0 Å². The van der Waals surface area contributed by atoms with Crippen molar-refractivity contribution in [1.29, 1.82) is 0 Å². The Morgan fingerprint density at radius 2 is 2.41 bits per heavy atom. The molecule has 0 saturated carbocycles. The zero-order chi connectivity index (χ0) is 12.3. The van der Waals surface area contributed by atoms with Gasteiger partial charge in [0.05, 0.1) is 18.4 Å². The first-order valence-corrected chi connectivity index (χ1v) is 6.19. The minimum absolute atomic E-state index is 0.243. The normalized spacial score (nSPS) is 21.2. The van der Waals surface area contributed by atoms with E-state index in [1.54, 1.807) is 6.26 Å². The van der Waals surface area contributed by atoms with Gasteiger partial charge in [-0.15, -0.1) is 0 Å². The van der Waals surface area contributed by atoms with E-state index in [-0.39, 0.29) is 6.10 Å². The Bertz CT molecular complexity index is 351. The van der Waals surface area contributed by atoms with Crippen molar-refractivity contribution in [3.63, 3.8) is 0 Å². The lowest BCUT2D eigenvalue weighted by Gasteiger charge is -2.29. The van der Waals surface area contributed by atoms with Gasteiger partial charge in [-0.25, -0.2) is 0 Å². The number of anilines is 1. The second-order valence-electron chi connectivity index (χ2n) is 4.78. The molecule has 0 amide bonds. The highest BCUT2D eigenvalue weighted by Crippen LogP contribution is 2.17. The van der Waals surface area contributed by atoms with Crippen LogP contribution in [-0.4, -0.2) is 36.8 Å². The number of oxazole rings is 1. The summed E-state index contributed by atoms with van der Waals surface area (Å²) in [6.07, 6.45) is 1.97. The molecule has 5 nitrogen and oxygen atoms in total.